The van der Waals surface area contributed by atoms with Crippen LogP contribution in [0.5, 0.6) is 5.75 Å². The average molecular weight is 542 g/mol. The lowest BCUT2D eigenvalue weighted by atomic mass is 10.0. The number of halogens is 3. The molecule has 0 saturated carbocycles. The van der Waals surface area contributed by atoms with E-state index in [-0.39, 0.29) is 24.9 Å². The number of carbonyl (C=O) groups is 3. The van der Waals surface area contributed by atoms with Crippen molar-refractivity contribution in [3.05, 3.63) is 95.6 Å². The molecule has 7 nitrogen and oxygen atoms in total. The van der Waals surface area contributed by atoms with Crippen molar-refractivity contribution >= 4 is 23.4 Å². The van der Waals surface area contributed by atoms with Crippen LogP contribution >= 0.6 is 0 Å². The fourth-order valence-corrected chi connectivity index (χ4v) is 3.67. The van der Waals surface area contributed by atoms with Gasteiger partial charge in [0.05, 0.1) is 5.56 Å². The summed E-state index contributed by atoms with van der Waals surface area (Å²) < 4.78 is 45.1. The Kier molecular flexibility index (Phi) is 10.1. The molecule has 0 fully saturated rings. The fourth-order valence-electron chi connectivity index (χ4n) is 3.67. The van der Waals surface area contributed by atoms with Gasteiger partial charge in [-0.15, -0.1) is 0 Å². The zero-order valence-corrected chi connectivity index (χ0v) is 21.3. The van der Waals surface area contributed by atoms with Crippen molar-refractivity contribution in [2.75, 3.05) is 5.32 Å². The number of nitrogens with one attached hydrogen (secondary N) is 2. The monoisotopic (exact) mass is 541 g/mol. The number of nitrogens with two attached hydrogens (primary N) is 1. The van der Waals surface area contributed by atoms with Gasteiger partial charge in [0.25, 0.3) is 0 Å². The Hall–Kier alpha value is -4.34. The van der Waals surface area contributed by atoms with Crippen LogP contribution in [0.15, 0.2) is 78.9 Å². The van der Waals surface area contributed by atoms with E-state index >= 15 is 0 Å². The zero-order chi connectivity index (χ0) is 28.4. The Morgan fingerprint density at radius 2 is 1.62 bits per heavy atom. The van der Waals surface area contributed by atoms with Gasteiger partial charge < -0.3 is 21.1 Å². The highest BCUT2D eigenvalue weighted by molar-refractivity contribution is 5.97. The molecule has 206 valence electrons. The van der Waals surface area contributed by atoms with Gasteiger partial charge in [-0.05, 0) is 47.9 Å². The molecule has 3 aromatic carbocycles. The largest absolute Gasteiger partial charge is 0.489 e. The first-order chi connectivity index (χ1) is 18.5. The third-order valence-electron chi connectivity index (χ3n) is 6.01. The van der Waals surface area contributed by atoms with Crippen LogP contribution in [0.25, 0.3) is 0 Å². The Bertz CT molecular complexity index is 1260. The molecule has 0 radical (unpaired) electrons. The maximum Gasteiger partial charge on any atom is 0.416 e. The van der Waals surface area contributed by atoms with Crippen LogP contribution in [0.3, 0.4) is 0 Å². The first-order valence-corrected chi connectivity index (χ1v) is 12.3. The predicted molar refractivity (Wildman–Crippen MR) is 141 cm³/mol. The molecular formula is C29H30F3N3O4. The van der Waals surface area contributed by atoms with Crippen molar-refractivity contribution in [1.29, 1.82) is 0 Å². The summed E-state index contributed by atoms with van der Waals surface area (Å²) in [5.41, 5.74) is 5.97. The average Bonchev–Trinajstić information content (AvgIpc) is 2.91. The van der Waals surface area contributed by atoms with E-state index in [1.165, 1.54) is 12.1 Å². The molecule has 0 saturated heterocycles. The number of hydrogen-bond acceptors (Lipinski definition) is 4. The first kappa shape index (κ1) is 29.2. The number of alkyl halides is 3. The van der Waals surface area contributed by atoms with Crippen LogP contribution < -0.4 is 21.1 Å². The molecule has 39 heavy (non-hydrogen) atoms. The van der Waals surface area contributed by atoms with Gasteiger partial charge in [-0.2, -0.15) is 13.2 Å². The number of rotatable bonds is 12. The number of anilines is 1. The Morgan fingerprint density at radius 1 is 0.923 bits per heavy atom. The number of ether oxygens (including phenoxy) is 1. The van der Waals surface area contributed by atoms with Crippen molar-refractivity contribution < 1.29 is 32.3 Å². The third kappa shape index (κ3) is 9.48. The number of benzene rings is 3. The van der Waals surface area contributed by atoms with Crippen LogP contribution in [0, 0.1) is 5.92 Å². The molecule has 0 aliphatic heterocycles. The summed E-state index contributed by atoms with van der Waals surface area (Å²) >= 11 is 0. The van der Waals surface area contributed by atoms with Gasteiger partial charge in [0, 0.05) is 24.4 Å². The van der Waals surface area contributed by atoms with E-state index in [2.05, 4.69) is 10.6 Å². The molecule has 0 spiro atoms. The van der Waals surface area contributed by atoms with Crippen LogP contribution in [-0.2, 0) is 33.6 Å². The standard InChI is InChI=1S/C29H30F3N3O4/c1-19(27(33)37)10-15-26(36)35-25(28(38)34-23-9-5-8-22(17-23)29(30,31)32)16-20-11-13-24(14-12-20)39-18-21-6-3-2-4-7-21/h2-9,11-14,17,19,25H,10,15-16,18H2,1H3,(H2,33,37)(H,34,38)(H,35,36). The molecule has 10 heteroatoms. The van der Waals surface area contributed by atoms with Gasteiger partial charge in [-0.1, -0.05) is 55.5 Å². The molecule has 0 bridgehead atoms. The molecule has 0 heterocycles. The van der Waals surface area contributed by atoms with Gasteiger partial charge in [0.15, 0.2) is 0 Å². The Balaban J connectivity index is 1.70. The third-order valence-corrected chi connectivity index (χ3v) is 6.01. The fraction of sp³-hybridized carbons (Fsp3) is 0.276. The molecule has 2 atom stereocenters. The molecule has 2 unspecified atom stereocenters. The van der Waals surface area contributed by atoms with Gasteiger partial charge >= 0.3 is 6.18 Å². The minimum atomic E-state index is -4.57. The molecule has 3 amide bonds. The second-order valence-corrected chi connectivity index (χ2v) is 9.15. The Morgan fingerprint density at radius 3 is 2.26 bits per heavy atom. The van der Waals surface area contributed by atoms with Crippen molar-refractivity contribution in [3.63, 3.8) is 0 Å². The van der Waals surface area contributed by atoms with E-state index in [0.717, 1.165) is 17.7 Å². The number of hydrogen-bond donors (Lipinski definition) is 3. The van der Waals surface area contributed by atoms with Crippen molar-refractivity contribution in [1.82, 2.24) is 5.32 Å². The van der Waals surface area contributed by atoms with Crippen LogP contribution in [0.2, 0.25) is 0 Å². The predicted octanol–water partition coefficient (Wildman–Crippen LogP) is 4.85. The maximum absolute atomic E-state index is 13.1. The van der Waals surface area contributed by atoms with Crippen molar-refractivity contribution in [3.8, 4) is 5.75 Å². The molecular weight excluding hydrogens is 511 g/mol. The molecule has 0 aliphatic rings. The summed E-state index contributed by atoms with van der Waals surface area (Å²) in [6.45, 7) is 1.97. The highest BCUT2D eigenvalue weighted by Gasteiger charge is 2.31. The van der Waals surface area contributed by atoms with E-state index in [1.807, 2.05) is 30.3 Å². The number of carbonyl (C=O) groups excluding carboxylic acids is 3. The molecule has 4 N–H and O–H groups in total. The molecule has 3 rings (SSSR count). The van der Waals surface area contributed by atoms with Crippen molar-refractivity contribution in [2.45, 2.75) is 45.0 Å². The summed E-state index contributed by atoms with van der Waals surface area (Å²) in [4.78, 5) is 36.9. The molecule has 0 aliphatic carbocycles. The van der Waals surface area contributed by atoms with E-state index in [1.54, 1.807) is 31.2 Å². The van der Waals surface area contributed by atoms with Crippen LogP contribution in [0.4, 0.5) is 18.9 Å². The summed E-state index contributed by atoms with van der Waals surface area (Å²) in [5.74, 6) is -1.64. The highest BCUT2D eigenvalue weighted by atomic mass is 19.4. The smallest absolute Gasteiger partial charge is 0.416 e. The first-order valence-electron chi connectivity index (χ1n) is 12.3. The Labute approximate surface area is 224 Å². The quantitative estimate of drug-likeness (QED) is 0.304. The van der Waals surface area contributed by atoms with E-state index in [0.29, 0.717) is 17.9 Å². The summed E-state index contributed by atoms with van der Waals surface area (Å²) in [6, 6.07) is 19.7. The SMILES string of the molecule is CC(CCC(=O)NC(Cc1ccc(OCc2ccccc2)cc1)C(=O)Nc1cccc(C(F)(F)F)c1)C(N)=O. The van der Waals surface area contributed by atoms with Gasteiger partial charge in [-0.25, -0.2) is 0 Å². The lowest BCUT2D eigenvalue weighted by Crippen LogP contribution is -2.45. The zero-order valence-electron chi connectivity index (χ0n) is 21.3. The van der Waals surface area contributed by atoms with E-state index in [4.69, 9.17) is 10.5 Å². The minimum absolute atomic E-state index is 0.0519. The summed E-state index contributed by atoms with van der Waals surface area (Å²) in [7, 11) is 0. The second-order valence-electron chi connectivity index (χ2n) is 9.15. The van der Waals surface area contributed by atoms with Gasteiger partial charge in [-0.3, -0.25) is 14.4 Å². The lowest BCUT2D eigenvalue weighted by molar-refractivity contribution is -0.137. The molecule has 0 aromatic heterocycles. The van der Waals surface area contributed by atoms with Gasteiger partial charge in [0.1, 0.15) is 18.4 Å². The topological polar surface area (TPSA) is 111 Å². The normalized spacial score (nSPS) is 12.7. The second kappa shape index (κ2) is 13.5. The lowest BCUT2D eigenvalue weighted by Gasteiger charge is -2.20. The van der Waals surface area contributed by atoms with Crippen LogP contribution in [-0.4, -0.2) is 23.8 Å². The number of primary amides is 1. The summed E-state index contributed by atoms with van der Waals surface area (Å²) in [5, 5.41) is 5.09. The molecule has 3 aromatic rings. The van der Waals surface area contributed by atoms with Gasteiger partial charge in [0.2, 0.25) is 17.7 Å². The number of amides is 3. The van der Waals surface area contributed by atoms with Crippen molar-refractivity contribution in [2.24, 2.45) is 11.7 Å². The van der Waals surface area contributed by atoms with E-state index in [9.17, 15) is 27.6 Å². The minimum Gasteiger partial charge on any atom is -0.489 e. The maximum atomic E-state index is 13.1. The van der Waals surface area contributed by atoms with E-state index < -0.39 is 41.4 Å². The highest BCUT2D eigenvalue weighted by Crippen LogP contribution is 2.30. The van der Waals surface area contributed by atoms with Crippen LogP contribution in [0.1, 0.15) is 36.5 Å². The summed E-state index contributed by atoms with van der Waals surface area (Å²) in [6.07, 6.45) is -4.36.